The highest BCUT2D eigenvalue weighted by molar-refractivity contribution is 7.80. The Kier molecular flexibility index (Phi) is 6.97. The lowest BCUT2D eigenvalue weighted by Gasteiger charge is -2.11. The second-order valence-corrected chi connectivity index (χ2v) is 7.21. The van der Waals surface area contributed by atoms with Crippen molar-refractivity contribution in [2.24, 2.45) is 0 Å². The molecule has 2 rings (SSSR count). The molecule has 10 heteroatoms. The number of aryl methyl sites for hydroxylation is 2. The van der Waals surface area contributed by atoms with Crippen LogP contribution in [0.1, 0.15) is 27.2 Å². The number of methoxy groups -OCH3 is 1. The number of hydrazine groups is 1. The molecule has 2 aromatic rings. The number of phenolic OH excluding ortho intramolecular Hbond substituents is 2. The van der Waals surface area contributed by atoms with Crippen molar-refractivity contribution in [3.05, 3.63) is 40.3 Å². The molecule has 0 atom stereocenters. The Morgan fingerprint density at radius 3 is 2.59 bits per heavy atom. The fourth-order valence-electron chi connectivity index (χ4n) is 2.17. The minimum atomic E-state index is -0.481. The quantitative estimate of drug-likeness (QED) is 0.221. The number of hydrogen-bond donors (Lipinski definition) is 5. The molecule has 0 radical (unpaired) electrons. The van der Waals surface area contributed by atoms with E-state index in [1.54, 1.807) is 12.1 Å². The van der Waals surface area contributed by atoms with Gasteiger partial charge in [0.25, 0.3) is 0 Å². The fraction of sp³-hybridized carbons (Fsp3) is 0.235. The van der Waals surface area contributed by atoms with E-state index in [-0.39, 0.29) is 28.9 Å². The standard InChI is InChI=1S/C17H19N3O5S2/c1-9-7-11(16(24)25-2)15(27-9)18-17(26)20-19-14(23)6-4-10-3-5-12(21)13(22)8-10/h3,5,7-8,21-22H,4,6H2,1-2H3,(H,19,23)(H2,18,20,26). The van der Waals surface area contributed by atoms with Gasteiger partial charge in [0.1, 0.15) is 5.00 Å². The first-order valence-electron chi connectivity index (χ1n) is 7.85. The molecule has 0 saturated heterocycles. The maximum Gasteiger partial charge on any atom is 0.340 e. The average molecular weight is 409 g/mol. The van der Waals surface area contributed by atoms with Gasteiger partial charge >= 0.3 is 5.97 Å². The lowest BCUT2D eigenvalue weighted by molar-refractivity contribution is -0.121. The van der Waals surface area contributed by atoms with Gasteiger partial charge in [-0.05, 0) is 49.3 Å². The second-order valence-electron chi connectivity index (χ2n) is 5.54. The van der Waals surface area contributed by atoms with Gasteiger partial charge in [-0.1, -0.05) is 6.07 Å². The van der Waals surface area contributed by atoms with Crippen LogP contribution in [0.25, 0.3) is 0 Å². The molecule has 27 heavy (non-hydrogen) atoms. The van der Waals surface area contributed by atoms with Crippen molar-refractivity contribution in [2.75, 3.05) is 12.4 Å². The molecule has 0 spiro atoms. The van der Waals surface area contributed by atoms with E-state index in [0.29, 0.717) is 22.5 Å². The minimum Gasteiger partial charge on any atom is -0.504 e. The zero-order valence-electron chi connectivity index (χ0n) is 14.7. The number of nitrogens with one attached hydrogen (secondary N) is 3. The molecular formula is C17H19N3O5S2. The first-order valence-corrected chi connectivity index (χ1v) is 9.08. The van der Waals surface area contributed by atoms with Gasteiger partial charge in [-0.25, -0.2) is 4.79 Å². The van der Waals surface area contributed by atoms with E-state index < -0.39 is 5.97 Å². The average Bonchev–Trinajstić information content (AvgIpc) is 3.00. The van der Waals surface area contributed by atoms with Gasteiger partial charge in [0.05, 0.1) is 12.7 Å². The Morgan fingerprint density at radius 1 is 1.19 bits per heavy atom. The zero-order chi connectivity index (χ0) is 20.0. The highest BCUT2D eigenvalue weighted by Crippen LogP contribution is 2.28. The Bertz CT molecular complexity index is 866. The summed E-state index contributed by atoms with van der Waals surface area (Å²) in [4.78, 5) is 24.5. The molecule has 1 aromatic heterocycles. The van der Waals surface area contributed by atoms with Gasteiger partial charge in [0, 0.05) is 11.3 Å². The third-order valence-electron chi connectivity index (χ3n) is 3.48. The van der Waals surface area contributed by atoms with E-state index in [1.165, 1.54) is 30.6 Å². The maximum absolute atomic E-state index is 11.9. The molecule has 0 unspecified atom stereocenters. The number of ether oxygens (including phenoxy) is 1. The number of rotatable bonds is 5. The lowest BCUT2D eigenvalue weighted by Crippen LogP contribution is -2.43. The van der Waals surface area contributed by atoms with Gasteiger partial charge in [-0.2, -0.15) is 0 Å². The summed E-state index contributed by atoms with van der Waals surface area (Å²) in [5, 5.41) is 22.2. The summed E-state index contributed by atoms with van der Waals surface area (Å²) in [6.45, 7) is 1.85. The van der Waals surface area contributed by atoms with Crippen molar-refractivity contribution < 1.29 is 24.5 Å². The van der Waals surface area contributed by atoms with Gasteiger partial charge in [-0.3, -0.25) is 15.6 Å². The number of aromatic hydroxyl groups is 2. The fourth-order valence-corrected chi connectivity index (χ4v) is 3.30. The third-order valence-corrected chi connectivity index (χ3v) is 4.65. The topological polar surface area (TPSA) is 120 Å². The van der Waals surface area contributed by atoms with E-state index >= 15 is 0 Å². The molecule has 0 bridgehead atoms. The van der Waals surface area contributed by atoms with Crippen LogP contribution < -0.4 is 16.2 Å². The summed E-state index contributed by atoms with van der Waals surface area (Å²) in [6, 6.07) is 6.07. The van der Waals surface area contributed by atoms with Gasteiger partial charge in [0.15, 0.2) is 16.6 Å². The highest BCUT2D eigenvalue weighted by Gasteiger charge is 2.16. The summed E-state index contributed by atoms with van der Waals surface area (Å²) in [6.07, 6.45) is 0.517. The number of thiophene rings is 1. The van der Waals surface area contributed by atoms with Crippen molar-refractivity contribution in [2.45, 2.75) is 19.8 Å². The number of hydrogen-bond acceptors (Lipinski definition) is 7. The summed E-state index contributed by atoms with van der Waals surface area (Å²) >= 11 is 6.45. The number of carbonyl (C=O) groups excluding carboxylic acids is 2. The van der Waals surface area contributed by atoms with Gasteiger partial charge < -0.3 is 20.3 Å². The molecule has 0 fully saturated rings. The summed E-state index contributed by atoms with van der Waals surface area (Å²) in [5.41, 5.74) is 6.09. The van der Waals surface area contributed by atoms with Crippen LogP contribution in [0.3, 0.4) is 0 Å². The number of carbonyl (C=O) groups is 2. The van der Waals surface area contributed by atoms with Crippen LogP contribution in [0.4, 0.5) is 5.00 Å². The molecule has 1 heterocycles. The Hall–Kier alpha value is -2.85. The highest BCUT2D eigenvalue weighted by atomic mass is 32.1. The minimum absolute atomic E-state index is 0.123. The van der Waals surface area contributed by atoms with Crippen molar-refractivity contribution in [1.82, 2.24) is 10.9 Å². The molecule has 0 saturated carbocycles. The van der Waals surface area contributed by atoms with Crippen LogP contribution in [0, 0.1) is 6.92 Å². The van der Waals surface area contributed by atoms with E-state index in [1.807, 2.05) is 6.92 Å². The molecule has 5 N–H and O–H groups in total. The summed E-state index contributed by atoms with van der Waals surface area (Å²) < 4.78 is 4.72. The SMILES string of the molecule is COC(=O)c1cc(C)sc1NC(=S)NNC(=O)CCc1ccc(O)c(O)c1. The summed E-state index contributed by atoms with van der Waals surface area (Å²) in [5.74, 6) is -1.24. The number of thiocarbonyl (C=S) groups is 1. The smallest absolute Gasteiger partial charge is 0.340 e. The predicted octanol–water partition coefficient (Wildman–Crippen LogP) is 2.20. The summed E-state index contributed by atoms with van der Waals surface area (Å²) in [7, 11) is 1.30. The van der Waals surface area contributed by atoms with Crippen LogP contribution in [0.2, 0.25) is 0 Å². The Morgan fingerprint density at radius 2 is 1.93 bits per heavy atom. The van der Waals surface area contributed by atoms with E-state index in [0.717, 1.165) is 4.88 Å². The molecular weight excluding hydrogens is 390 g/mol. The van der Waals surface area contributed by atoms with Gasteiger partial charge in [-0.15, -0.1) is 11.3 Å². The first kappa shape index (κ1) is 20.5. The van der Waals surface area contributed by atoms with Crippen LogP contribution in [0.15, 0.2) is 24.3 Å². The Balaban J connectivity index is 1.82. The predicted molar refractivity (Wildman–Crippen MR) is 106 cm³/mol. The lowest BCUT2D eigenvalue weighted by atomic mass is 10.1. The third kappa shape index (κ3) is 5.83. The molecule has 8 nitrogen and oxygen atoms in total. The maximum atomic E-state index is 11.9. The van der Waals surface area contributed by atoms with E-state index in [9.17, 15) is 19.8 Å². The van der Waals surface area contributed by atoms with Crippen LogP contribution in [-0.2, 0) is 16.0 Å². The molecule has 0 aliphatic heterocycles. The van der Waals surface area contributed by atoms with E-state index in [4.69, 9.17) is 17.0 Å². The largest absolute Gasteiger partial charge is 0.504 e. The number of anilines is 1. The molecule has 0 aliphatic carbocycles. The van der Waals surface area contributed by atoms with Crippen molar-refractivity contribution in [3.8, 4) is 11.5 Å². The first-order chi connectivity index (χ1) is 12.8. The monoisotopic (exact) mass is 409 g/mol. The molecule has 1 aromatic carbocycles. The number of amides is 1. The van der Waals surface area contributed by atoms with E-state index in [2.05, 4.69) is 16.2 Å². The normalized spacial score (nSPS) is 10.1. The second kappa shape index (κ2) is 9.19. The molecule has 1 amide bonds. The number of benzene rings is 1. The van der Waals surface area contributed by atoms with Crippen molar-refractivity contribution >= 4 is 45.5 Å². The van der Waals surface area contributed by atoms with Crippen LogP contribution >= 0.6 is 23.6 Å². The van der Waals surface area contributed by atoms with Crippen LogP contribution in [0.5, 0.6) is 11.5 Å². The van der Waals surface area contributed by atoms with Crippen molar-refractivity contribution in [1.29, 1.82) is 0 Å². The number of phenols is 2. The zero-order valence-corrected chi connectivity index (χ0v) is 16.3. The molecule has 0 aliphatic rings. The van der Waals surface area contributed by atoms with Crippen LogP contribution in [-0.4, -0.2) is 34.3 Å². The number of esters is 1. The van der Waals surface area contributed by atoms with Gasteiger partial charge in [0.2, 0.25) is 5.91 Å². The van der Waals surface area contributed by atoms with Crippen molar-refractivity contribution in [3.63, 3.8) is 0 Å². The Labute approximate surface area is 165 Å². The molecule has 144 valence electrons.